The lowest BCUT2D eigenvalue weighted by Crippen LogP contribution is -2.28. The number of hydrogen-bond acceptors (Lipinski definition) is 5. The molecule has 0 radical (unpaired) electrons. The first kappa shape index (κ1) is 12.6. The molecule has 0 rings (SSSR count). The highest BCUT2D eigenvalue weighted by Crippen LogP contribution is 2.46. The van der Waals surface area contributed by atoms with E-state index in [2.05, 4.69) is 13.9 Å². The molecule has 0 heterocycles. The Hall–Kier alpha value is -0.420. The van der Waals surface area contributed by atoms with Crippen LogP contribution in [-0.2, 0) is 23.2 Å². The van der Waals surface area contributed by atoms with Crippen LogP contribution in [0.4, 0.5) is 0 Å². The van der Waals surface area contributed by atoms with Gasteiger partial charge in [-0.2, -0.15) is 0 Å². The first-order chi connectivity index (χ1) is 5.99. The summed E-state index contributed by atoms with van der Waals surface area (Å²) in [6.45, 7) is 0. The van der Waals surface area contributed by atoms with Gasteiger partial charge in [-0.05, 0) is 0 Å². The molecule has 7 heteroatoms. The SMILES string of the molecule is CON(C)C(=O)CP(=O)(OC)OC. The van der Waals surface area contributed by atoms with Crippen LogP contribution in [0, 0.1) is 0 Å². The van der Waals surface area contributed by atoms with Crippen molar-refractivity contribution in [2.75, 3.05) is 34.5 Å². The molecule has 0 saturated heterocycles. The standard InChI is InChI=1S/C6H14NO5P/c1-7(10-2)6(8)5-13(9,11-3)12-4/h5H2,1-4H3. The van der Waals surface area contributed by atoms with Gasteiger partial charge >= 0.3 is 7.60 Å². The lowest BCUT2D eigenvalue weighted by Gasteiger charge is -2.17. The molecular formula is C6H14NO5P. The Kier molecular flexibility index (Phi) is 5.17. The molecule has 0 saturated carbocycles. The van der Waals surface area contributed by atoms with Gasteiger partial charge in [0.15, 0.2) is 0 Å². The molecule has 0 aromatic rings. The van der Waals surface area contributed by atoms with Crippen molar-refractivity contribution in [1.29, 1.82) is 0 Å². The molecule has 1 amide bonds. The molecule has 0 aromatic carbocycles. The van der Waals surface area contributed by atoms with Crippen molar-refractivity contribution in [2.45, 2.75) is 0 Å². The van der Waals surface area contributed by atoms with E-state index in [1.807, 2.05) is 0 Å². The largest absolute Gasteiger partial charge is 0.339 e. The topological polar surface area (TPSA) is 65.1 Å². The maximum Gasteiger partial charge on any atom is 0.339 e. The Morgan fingerprint density at radius 2 is 1.77 bits per heavy atom. The van der Waals surface area contributed by atoms with Gasteiger partial charge in [0.25, 0.3) is 5.91 Å². The zero-order chi connectivity index (χ0) is 10.5. The molecule has 78 valence electrons. The molecule has 13 heavy (non-hydrogen) atoms. The number of nitrogens with zero attached hydrogens (tertiary/aromatic N) is 1. The summed E-state index contributed by atoms with van der Waals surface area (Å²) in [6.07, 6.45) is -0.329. The zero-order valence-electron chi connectivity index (χ0n) is 8.14. The number of amides is 1. The number of hydroxylamine groups is 2. The third-order valence-corrected chi connectivity index (χ3v) is 3.28. The Bertz CT molecular complexity index is 211. The minimum absolute atomic E-state index is 0.329. The second-order valence-corrected chi connectivity index (χ2v) is 4.48. The molecule has 6 nitrogen and oxygen atoms in total. The molecule has 0 aliphatic carbocycles. The summed E-state index contributed by atoms with van der Waals surface area (Å²) in [7, 11) is 1.93. The Morgan fingerprint density at radius 1 is 1.31 bits per heavy atom. The monoisotopic (exact) mass is 211 g/mol. The van der Waals surface area contributed by atoms with E-state index >= 15 is 0 Å². The van der Waals surface area contributed by atoms with Gasteiger partial charge in [-0.15, -0.1) is 0 Å². The van der Waals surface area contributed by atoms with E-state index in [4.69, 9.17) is 0 Å². The minimum Gasteiger partial charge on any atom is -0.312 e. The first-order valence-corrected chi connectivity index (χ1v) is 5.23. The highest BCUT2D eigenvalue weighted by molar-refractivity contribution is 7.54. The van der Waals surface area contributed by atoms with Crippen LogP contribution >= 0.6 is 7.60 Å². The summed E-state index contributed by atoms with van der Waals surface area (Å²) in [4.78, 5) is 15.8. The minimum atomic E-state index is -3.28. The average Bonchev–Trinajstić information content (AvgIpc) is 2.16. The van der Waals surface area contributed by atoms with E-state index in [0.29, 0.717) is 0 Å². The number of carbonyl (C=O) groups is 1. The highest BCUT2D eigenvalue weighted by Gasteiger charge is 2.27. The van der Waals surface area contributed by atoms with Crippen LogP contribution < -0.4 is 0 Å². The summed E-state index contributed by atoms with van der Waals surface area (Å²) in [5, 5.41) is 0.963. The van der Waals surface area contributed by atoms with Crippen LogP contribution in [0.15, 0.2) is 0 Å². The highest BCUT2D eigenvalue weighted by atomic mass is 31.2. The molecule has 0 spiro atoms. The average molecular weight is 211 g/mol. The van der Waals surface area contributed by atoms with Gasteiger partial charge < -0.3 is 9.05 Å². The van der Waals surface area contributed by atoms with Crippen molar-refractivity contribution in [3.63, 3.8) is 0 Å². The van der Waals surface area contributed by atoms with Gasteiger partial charge in [-0.25, -0.2) is 5.06 Å². The van der Waals surface area contributed by atoms with Gasteiger partial charge in [-0.3, -0.25) is 14.2 Å². The fourth-order valence-electron chi connectivity index (χ4n) is 0.571. The summed E-state index contributed by atoms with van der Waals surface area (Å²) < 4.78 is 20.6. The maximum absolute atomic E-state index is 11.4. The van der Waals surface area contributed by atoms with Crippen LogP contribution in [0.5, 0.6) is 0 Å². The third-order valence-electron chi connectivity index (χ3n) is 1.51. The predicted molar refractivity (Wildman–Crippen MR) is 46.3 cm³/mol. The lowest BCUT2D eigenvalue weighted by atomic mass is 10.7. The third kappa shape index (κ3) is 3.87. The summed E-state index contributed by atoms with van der Waals surface area (Å²) in [5.41, 5.74) is 0. The summed E-state index contributed by atoms with van der Waals surface area (Å²) in [6, 6.07) is 0. The number of rotatable bonds is 5. The van der Waals surface area contributed by atoms with Gasteiger partial charge in [0.1, 0.15) is 6.16 Å². The van der Waals surface area contributed by atoms with E-state index in [1.165, 1.54) is 28.4 Å². The van der Waals surface area contributed by atoms with E-state index in [9.17, 15) is 9.36 Å². The van der Waals surface area contributed by atoms with Crippen molar-refractivity contribution in [3.05, 3.63) is 0 Å². The molecule has 0 aliphatic rings. The normalized spacial score (nSPS) is 11.4. The van der Waals surface area contributed by atoms with Crippen molar-refractivity contribution in [3.8, 4) is 0 Å². The predicted octanol–water partition coefficient (Wildman–Crippen LogP) is 0.492. The van der Waals surface area contributed by atoms with Crippen LogP contribution in [0.1, 0.15) is 0 Å². The van der Waals surface area contributed by atoms with Gasteiger partial charge in [0, 0.05) is 21.3 Å². The van der Waals surface area contributed by atoms with Gasteiger partial charge in [0.05, 0.1) is 7.11 Å². The molecular weight excluding hydrogens is 197 g/mol. The van der Waals surface area contributed by atoms with Crippen molar-refractivity contribution < 1.29 is 23.2 Å². The molecule has 0 aromatic heterocycles. The fourth-order valence-corrected chi connectivity index (χ4v) is 1.51. The van der Waals surface area contributed by atoms with Crippen LogP contribution in [0.25, 0.3) is 0 Å². The number of carbonyl (C=O) groups excluding carboxylic acids is 1. The Morgan fingerprint density at radius 3 is 2.08 bits per heavy atom. The van der Waals surface area contributed by atoms with Crippen molar-refractivity contribution in [2.24, 2.45) is 0 Å². The maximum atomic E-state index is 11.4. The van der Waals surface area contributed by atoms with Crippen molar-refractivity contribution >= 4 is 13.5 Å². The van der Waals surface area contributed by atoms with Crippen molar-refractivity contribution in [1.82, 2.24) is 5.06 Å². The number of hydrogen-bond donors (Lipinski definition) is 0. The molecule has 0 bridgehead atoms. The van der Waals surface area contributed by atoms with E-state index < -0.39 is 13.5 Å². The molecule has 0 aliphatic heterocycles. The second kappa shape index (κ2) is 5.34. The quantitative estimate of drug-likeness (QED) is 0.489. The first-order valence-electron chi connectivity index (χ1n) is 3.50. The Balaban J connectivity index is 4.26. The Labute approximate surface area is 77.2 Å². The van der Waals surface area contributed by atoms with Crippen LogP contribution in [0.3, 0.4) is 0 Å². The molecule has 0 N–H and O–H groups in total. The van der Waals surface area contributed by atoms with Crippen LogP contribution in [0.2, 0.25) is 0 Å². The lowest BCUT2D eigenvalue weighted by molar-refractivity contribution is -0.165. The molecule has 0 fully saturated rings. The van der Waals surface area contributed by atoms with Crippen LogP contribution in [-0.4, -0.2) is 45.5 Å². The van der Waals surface area contributed by atoms with Gasteiger partial charge in [0.2, 0.25) is 0 Å². The van der Waals surface area contributed by atoms with Gasteiger partial charge in [-0.1, -0.05) is 0 Å². The zero-order valence-corrected chi connectivity index (χ0v) is 9.04. The smallest absolute Gasteiger partial charge is 0.312 e. The molecule has 0 atom stereocenters. The second-order valence-electron chi connectivity index (χ2n) is 2.21. The van der Waals surface area contributed by atoms with E-state index in [1.54, 1.807) is 0 Å². The molecule has 0 unspecified atom stereocenters. The fraction of sp³-hybridized carbons (Fsp3) is 0.833. The van der Waals surface area contributed by atoms with E-state index in [0.717, 1.165) is 5.06 Å². The summed E-state index contributed by atoms with van der Waals surface area (Å²) in [5.74, 6) is -0.463. The summed E-state index contributed by atoms with van der Waals surface area (Å²) >= 11 is 0. The van der Waals surface area contributed by atoms with E-state index in [-0.39, 0.29) is 6.16 Å².